The Hall–Kier alpha value is -1.32. The van der Waals surface area contributed by atoms with Crippen molar-refractivity contribution in [3.05, 3.63) is 18.0 Å². The van der Waals surface area contributed by atoms with Gasteiger partial charge in [0.2, 0.25) is 5.91 Å². The van der Waals surface area contributed by atoms with Gasteiger partial charge in [0, 0.05) is 24.2 Å². The Labute approximate surface area is 95.8 Å². The summed E-state index contributed by atoms with van der Waals surface area (Å²) in [5.41, 5.74) is 1.21. The molecule has 1 aromatic heterocycles. The van der Waals surface area contributed by atoms with Gasteiger partial charge in [-0.2, -0.15) is 5.10 Å². The third kappa shape index (κ3) is 1.52. The molecule has 2 rings (SSSR count). The van der Waals surface area contributed by atoms with Crippen LogP contribution in [0.3, 0.4) is 0 Å². The van der Waals surface area contributed by atoms with Crippen LogP contribution in [0.4, 0.5) is 0 Å². The molecule has 0 spiro atoms. The van der Waals surface area contributed by atoms with Gasteiger partial charge in [0.05, 0.1) is 6.20 Å². The molecular formula is C12H19N3O. The van der Waals surface area contributed by atoms with E-state index >= 15 is 0 Å². The zero-order valence-electron chi connectivity index (χ0n) is 10.3. The maximum atomic E-state index is 12.0. The number of rotatable bonds is 3. The number of amides is 1. The zero-order chi connectivity index (χ0) is 12.0. The van der Waals surface area contributed by atoms with Crippen LogP contribution in [0.1, 0.15) is 33.3 Å². The topological polar surface area (TPSA) is 57.8 Å². The number of hydrogen-bond donors (Lipinski definition) is 2. The van der Waals surface area contributed by atoms with Crippen LogP contribution in [-0.4, -0.2) is 16.1 Å². The summed E-state index contributed by atoms with van der Waals surface area (Å²) in [4.78, 5) is 12.0. The second-order valence-electron chi connectivity index (χ2n) is 5.70. The van der Waals surface area contributed by atoms with E-state index in [0.29, 0.717) is 6.54 Å². The highest BCUT2D eigenvalue weighted by atomic mass is 16.2. The standard InChI is InChI=1S/C12H19N3O/c1-11(2)9(12(11,3)4)10(16)13-5-8-6-14-15-7-8/h6-7,9H,5H2,1-4H3,(H,13,16)(H,14,15). The first kappa shape index (κ1) is 11.2. The summed E-state index contributed by atoms with van der Waals surface area (Å²) in [6.45, 7) is 9.15. The Morgan fingerprint density at radius 1 is 1.44 bits per heavy atom. The summed E-state index contributed by atoms with van der Waals surface area (Å²) in [5, 5.41) is 9.53. The van der Waals surface area contributed by atoms with Crippen molar-refractivity contribution >= 4 is 5.91 Å². The normalized spacial score (nSPS) is 21.8. The number of aromatic amines is 1. The van der Waals surface area contributed by atoms with Crippen LogP contribution in [0.25, 0.3) is 0 Å². The van der Waals surface area contributed by atoms with Crippen molar-refractivity contribution in [1.82, 2.24) is 15.5 Å². The average molecular weight is 221 g/mol. The largest absolute Gasteiger partial charge is 0.352 e. The molecule has 1 aliphatic carbocycles. The fourth-order valence-electron chi connectivity index (χ4n) is 2.52. The Kier molecular flexibility index (Phi) is 2.33. The minimum atomic E-state index is 0.105. The molecule has 1 fully saturated rings. The van der Waals surface area contributed by atoms with E-state index in [-0.39, 0.29) is 22.7 Å². The van der Waals surface area contributed by atoms with Gasteiger partial charge in [0.1, 0.15) is 0 Å². The van der Waals surface area contributed by atoms with E-state index in [1.165, 1.54) is 0 Å². The molecule has 1 amide bonds. The molecular weight excluding hydrogens is 202 g/mol. The van der Waals surface area contributed by atoms with Crippen LogP contribution in [0, 0.1) is 16.7 Å². The number of carbonyl (C=O) groups is 1. The lowest BCUT2D eigenvalue weighted by Gasteiger charge is -2.04. The highest BCUT2D eigenvalue weighted by Gasteiger charge is 2.68. The summed E-state index contributed by atoms with van der Waals surface area (Å²) in [6.07, 6.45) is 3.52. The van der Waals surface area contributed by atoms with Crippen molar-refractivity contribution in [1.29, 1.82) is 0 Å². The van der Waals surface area contributed by atoms with Crippen molar-refractivity contribution < 1.29 is 4.79 Å². The number of aromatic nitrogens is 2. The summed E-state index contributed by atoms with van der Waals surface area (Å²) < 4.78 is 0. The Morgan fingerprint density at radius 3 is 2.50 bits per heavy atom. The van der Waals surface area contributed by atoms with Gasteiger partial charge in [-0.15, -0.1) is 0 Å². The molecule has 4 heteroatoms. The average Bonchev–Trinajstić information content (AvgIpc) is 2.61. The molecule has 0 radical (unpaired) electrons. The lowest BCUT2D eigenvalue weighted by Crippen LogP contribution is -2.26. The molecule has 0 aromatic carbocycles. The Morgan fingerprint density at radius 2 is 2.06 bits per heavy atom. The van der Waals surface area contributed by atoms with Gasteiger partial charge in [-0.1, -0.05) is 27.7 Å². The van der Waals surface area contributed by atoms with Crippen molar-refractivity contribution in [3.8, 4) is 0 Å². The molecule has 1 heterocycles. The minimum absolute atomic E-state index is 0.105. The fourth-order valence-corrected chi connectivity index (χ4v) is 2.52. The Balaban J connectivity index is 1.91. The predicted octanol–water partition coefficient (Wildman–Crippen LogP) is 1.71. The molecule has 0 aliphatic heterocycles. The summed E-state index contributed by atoms with van der Waals surface area (Å²) in [6, 6.07) is 0. The molecule has 0 unspecified atom stereocenters. The predicted molar refractivity (Wildman–Crippen MR) is 61.5 cm³/mol. The number of carbonyl (C=O) groups excluding carboxylic acids is 1. The second-order valence-corrected chi connectivity index (χ2v) is 5.70. The third-order valence-electron chi connectivity index (χ3n) is 4.30. The highest BCUT2D eigenvalue weighted by Crippen LogP contribution is 2.68. The van der Waals surface area contributed by atoms with Crippen molar-refractivity contribution in [2.75, 3.05) is 0 Å². The molecule has 1 aliphatic rings. The Bertz CT molecular complexity index is 378. The van der Waals surface area contributed by atoms with E-state index in [1.54, 1.807) is 12.4 Å². The van der Waals surface area contributed by atoms with Crippen molar-refractivity contribution in [3.63, 3.8) is 0 Å². The summed E-state index contributed by atoms with van der Waals surface area (Å²) >= 11 is 0. The maximum Gasteiger partial charge on any atom is 0.224 e. The van der Waals surface area contributed by atoms with E-state index in [9.17, 15) is 4.79 Å². The molecule has 1 aromatic rings. The lowest BCUT2D eigenvalue weighted by molar-refractivity contribution is -0.123. The smallest absolute Gasteiger partial charge is 0.224 e. The fraction of sp³-hybridized carbons (Fsp3) is 0.667. The van der Waals surface area contributed by atoms with E-state index in [4.69, 9.17) is 0 Å². The van der Waals surface area contributed by atoms with Gasteiger partial charge < -0.3 is 5.32 Å². The quantitative estimate of drug-likeness (QED) is 0.816. The van der Waals surface area contributed by atoms with Gasteiger partial charge in [-0.25, -0.2) is 0 Å². The minimum Gasteiger partial charge on any atom is -0.352 e. The van der Waals surface area contributed by atoms with Gasteiger partial charge in [-0.3, -0.25) is 9.89 Å². The van der Waals surface area contributed by atoms with E-state index in [2.05, 4.69) is 43.2 Å². The zero-order valence-corrected chi connectivity index (χ0v) is 10.3. The number of H-pyrrole nitrogens is 1. The van der Waals surface area contributed by atoms with Gasteiger partial charge in [0.15, 0.2) is 0 Å². The second kappa shape index (κ2) is 3.34. The van der Waals surface area contributed by atoms with Gasteiger partial charge >= 0.3 is 0 Å². The number of nitrogens with one attached hydrogen (secondary N) is 2. The lowest BCUT2D eigenvalue weighted by atomic mass is 10.0. The van der Waals surface area contributed by atoms with E-state index in [1.807, 2.05) is 0 Å². The molecule has 0 bridgehead atoms. The molecule has 0 atom stereocenters. The van der Waals surface area contributed by atoms with Crippen LogP contribution in [0.2, 0.25) is 0 Å². The molecule has 1 saturated carbocycles. The molecule has 16 heavy (non-hydrogen) atoms. The van der Waals surface area contributed by atoms with Crippen LogP contribution in [-0.2, 0) is 11.3 Å². The van der Waals surface area contributed by atoms with E-state index < -0.39 is 0 Å². The van der Waals surface area contributed by atoms with E-state index in [0.717, 1.165) is 5.56 Å². The summed E-state index contributed by atoms with van der Waals surface area (Å²) in [5.74, 6) is 0.267. The number of hydrogen-bond acceptors (Lipinski definition) is 2. The van der Waals surface area contributed by atoms with Crippen molar-refractivity contribution in [2.24, 2.45) is 16.7 Å². The first-order valence-electron chi connectivity index (χ1n) is 5.63. The first-order valence-corrected chi connectivity index (χ1v) is 5.63. The molecule has 4 nitrogen and oxygen atoms in total. The molecule has 2 N–H and O–H groups in total. The van der Waals surface area contributed by atoms with Gasteiger partial charge in [-0.05, 0) is 10.8 Å². The SMILES string of the molecule is CC1(C)C(C(=O)NCc2cn[nH]c2)C1(C)C. The molecule has 88 valence electrons. The third-order valence-corrected chi connectivity index (χ3v) is 4.30. The monoisotopic (exact) mass is 221 g/mol. The van der Waals surface area contributed by atoms with Crippen LogP contribution >= 0.6 is 0 Å². The van der Waals surface area contributed by atoms with Crippen molar-refractivity contribution in [2.45, 2.75) is 34.2 Å². The first-order chi connectivity index (χ1) is 7.37. The van der Waals surface area contributed by atoms with Gasteiger partial charge in [0.25, 0.3) is 0 Å². The van der Waals surface area contributed by atoms with Crippen LogP contribution < -0.4 is 5.32 Å². The van der Waals surface area contributed by atoms with Crippen LogP contribution in [0.5, 0.6) is 0 Å². The van der Waals surface area contributed by atoms with Crippen LogP contribution in [0.15, 0.2) is 12.4 Å². The highest BCUT2D eigenvalue weighted by molar-refractivity contribution is 5.84. The molecule has 0 saturated heterocycles. The maximum absolute atomic E-state index is 12.0. The number of nitrogens with zero attached hydrogens (tertiary/aromatic N) is 1. The summed E-state index contributed by atoms with van der Waals surface area (Å²) in [7, 11) is 0.